The van der Waals surface area contributed by atoms with Crippen LogP contribution in [0.5, 0.6) is 23.0 Å². The van der Waals surface area contributed by atoms with Crippen molar-refractivity contribution in [2.45, 2.75) is 124 Å². The third kappa shape index (κ3) is 10.1. The Hall–Kier alpha value is -7.49. The normalized spacial score (nSPS) is 27.1. The molecule has 7 N–H and O–H groups in total. The fraction of sp³-hybridized carbons (Fsp3) is 0.474. The first-order valence-electron chi connectivity index (χ1n) is 26.0. The number of hydrazone groups is 1. The van der Waals surface area contributed by atoms with Crippen LogP contribution in [0, 0.1) is 43.3 Å². The third-order valence-corrected chi connectivity index (χ3v) is 16.1. The van der Waals surface area contributed by atoms with Crippen molar-refractivity contribution in [3.8, 4) is 23.0 Å². The number of phenolic OH excluding ortho intramolecular Hbond substituents is 3. The van der Waals surface area contributed by atoms with Crippen LogP contribution in [0.4, 0.5) is 15.8 Å². The van der Waals surface area contributed by atoms with Gasteiger partial charge in [0.25, 0.3) is 17.2 Å². The standard InChI is InChI=1S/C57H68FN5O15/c1-25-13-12-14-26(2)54(71)60-43-37(22-59-61(10)34-17-19-62(23-34)45-28(4)44-35(33-15-16-33)21-36(56(73)74)55(72)63(44)24-38(45)58)49(68)40-41(50(43)69)48(67)31(7)52-42(40)53(70)57(9,78-52)76-20-18-39(75-11)27(3)51(77-32(8)64)30(6)47(66)29(5)46(25)65/h12-14,18,20-22,24-25,27,29-30,33-34,39,46-47,51,65-69H,15-17,19,23H2,1-11H3,(H,60,71)(H,73,74)/t25-,27+,29+,30+,34?,39-,46-,47+,51+,57-/m0/s1. The Kier molecular flexibility index (Phi) is 15.8. The minimum atomic E-state index is -2.15. The molecular weight excluding hydrogens is 1010 g/mol. The summed E-state index contributed by atoms with van der Waals surface area (Å²) in [5.41, 5.74) is -0.328. The summed E-state index contributed by atoms with van der Waals surface area (Å²) in [4.78, 5) is 68.4. The molecule has 4 aromatic rings. The average molecular weight is 1080 g/mol. The first kappa shape index (κ1) is 56.7. The van der Waals surface area contributed by atoms with Gasteiger partial charge in [0.05, 0.1) is 76.4 Å². The molecule has 5 aliphatic rings. The van der Waals surface area contributed by atoms with Crippen LogP contribution in [0.1, 0.15) is 117 Å². The largest absolute Gasteiger partial charge is 0.507 e. The molecule has 78 heavy (non-hydrogen) atoms. The van der Waals surface area contributed by atoms with Crippen molar-refractivity contribution in [3.05, 3.63) is 98.0 Å². The summed E-state index contributed by atoms with van der Waals surface area (Å²) in [6, 6.07) is 0.988. The number of fused-ring (bicyclic) bond motifs is 15. The second-order valence-corrected chi connectivity index (χ2v) is 21.4. The fourth-order valence-corrected chi connectivity index (χ4v) is 11.3. The molecule has 2 fully saturated rings. The maximum absolute atomic E-state index is 16.2. The number of aromatic hydroxyl groups is 3. The fourth-order valence-electron chi connectivity index (χ4n) is 11.3. The maximum Gasteiger partial charge on any atom is 0.341 e. The van der Waals surface area contributed by atoms with Crippen molar-refractivity contribution in [1.29, 1.82) is 0 Å². The number of nitrogens with one attached hydrogen (secondary N) is 1. The highest BCUT2D eigenvalue weighted by atomic mass is 19.1. The first-order valence-corrected chi connectivity index (χ1v) is 26.0. The number of methoxy groups -OCH3 is 1. The van der Waals surface area contributed by atoms with E-state index in [1.54, 1.807) is 58.8 Å². The number of hydrogen-bond acceptors (Lipinski definition) is 17. The Bertz CT molecular complexity index is 3310. The van der Waals surface area contributed by atoms with Crippen molar-refractivity contribution in [2.75, 3.05) is 37.5 Å². The number of rotatable bonds is 8. The summed E-state index contributed by atoms with van der Waals surface area (Å²) >= 11 is 0. The molecule has 418 valence electrons. The summed E-state index contributed by atoms with van der Waals surface area (Å²) in [6.45, 7) is 14.5. The number of carboxylic acids is 1. The number of carbonyl (C=O) groups excluding carboxylic acids is 3. The number of anilines is 2. The van der Waals surface area contributed by atoms with E-state index in [0.717, 1.165) is 29.7 Å². The van der Waals surface area contributed by atoms with Crippen molar-refractivity contribution in [3.63, 3.8) is 0 Å². The SMILES string of the molecule is CO[C@H]1C=CO[C@@]2(C)Oc3c(C)c(O)c4c(O)c(c(C=NN(C)C5CCN(c6c(F)cn7c(=O)c(C(=O)O)cc(C8CC8)c7c6C)C5)c(O)c4c3C2=O)NC(=O)C(C)=CC=C[C@H](C)[C@H](O)[C@@H](C)[C@@H](O)[C@@H](C)[C@H](OC(C)=O)[C@@H]1C. The number of carboxylic acid groups (broad SMARTS) is 1. The van der Waals surface area contributed by atoms with E-state index in [0.29, 0.717) is 29.6 Å². The van der Waals surface area contributed by atoms with Crippen LogP contribution in [0.15, 0.2) is 58.3 Å². The van der Waals surface area contributed by atoms with Crippen LogP contribution in [0.2, 0.25) is 0 Å². The smallest absolute Gasteiger partial charge is 0.341 e. The highest BCUT2D eigenvalue weighted by molar-refractivity contribution is 6.24. The number of halogens is 1. The van der Waals surface area contributed by atoms with Gasteiger partial charge in [-0.2, -0.15) is 5.10 Å². The van der Waals surface area contributed by atoms with Crippen LogP contribution in [0.25, 0.3) is 16.3 Å². The highest BCUT2D eigenvalue weighted by Gasteiger charge is 2.50. The molecule has 5 bridgehead atoms. The number of aromatic nitrogens is 1. The predicted molar refractivity (Wildman–Crippen MR) is 287 cm³/mol. The van der Waals surface area contributed by atoms with Crippen molar-refractivity contribution < 1.29 is 73.2 Å². The first-order chi connectivity index (χ1) is 36.7. The van der Waals surface area contributed by atoms with Crippen LogP contribution >= 0.6 is 0 Å². The molecule has 1 aliphatic carbocycles. The minimum absolute atomic E-state index is 0.0163. The average Bonchev–Trinajstić information content (AvgIpc) is 4.25. The Balaban J connectivity index is 1.20. The number of Topliss-reactive ketones (excluding diaryl/α,β-unsaturated/α-hetero) is 1. The molecule has 9 rings (SSSR count). The number of amides is 1. The zero-order valence-electron chi connectivity index (χ0n) is 45.5. The number of aryl methyl sites for hydroxylation is 1. The molecule has 4 aliphatic heterocycles. The van der Waals surface area contributed by atoms with Crippen LogP contribution in [-0.2, 0) is 23.8 Å². The van der Waals surface area contributed by atoms with E-state index in [-0.39, 0.29) is 51.5 Å². The Morgan fingerprint density at radius 1 is 0.949 bits per heavy atom. The van der Waals surface area contributed by atoms with Gasteiger partial charge in [0.2, 0.25) is 0 Å². The number of hydrogen-bond donors (Lipinski definition) is 7. The number of benzene rings is 2. The second kappa shape index (κ2) is 21.7. The number of aliphatic hydroxyl groups excluding tert-OH is 2. The molecule has 10 atom stereocenters. The van der Waals surface area contributed by atoms with Gasteiger partial charge in [0.1, 0.15) is 28.9 Å². The zero-order valence-corrected chi connectivity index (χ0v) is 45.5. The van der Waals surface area contributed by atoms with Gasteiger partial charge in [-0.25, -0.2) is 9.18 Å². The molecule has 20 nitrogen and oxygen atoms in total. The van der Waals surface area contributed by atoms with Gasteiger partial charge >= 0.3 is 17.7 Å². The van der Waals surface area contributed by atoms with Gasteiger partial charge in [0, 0.05) is 81.3 Å². The van der Waals surface area contributed by atoms with E-state index >= 15 is 4.39 Å². The quantitative estimate of drug-likeness (QED) is 0.0309. The van der Waals surface area contributed by atoms with Crippen molar-refractivity contribution in [1.82, 2.24) is 9.41 Å². The number of aliphatic hydroxyl groups is 2. The molecule has 0 spiro atoms. The third-order valence-electron chi connectivity index (χ3n) is 16.1. The molecule has 1 amide bonds. The van der Waals surface area contributed by atoms with E-state index in [2.05, 4.69) is 10.4 Å². The summed E-state index contributed by atoms with van der Waals surface area (Å²) in [7, 11) is 3.05. The van der Waals surface area contributed by atoms with Crippen LogP contribution in [-0.4, -0.2) is 133 Å². The van der Waals surface area contributed by atoms with Crippen LogP contribution < -0.4 is 20.5 Å². The van der Waals surface area contributed by atoms with E-state index in [1.807, 2.05) is 4.90 Å². The van der Waals surface area contributed by atoms with Crippen molar-refractivity contribution in [2.24, 2.45) is 28.8 Å². The number of likely N-dealkylation sites (N-methyl/N-ethyl adjacent to an activating group) is 1. The van der Waals surface area contributed by atoms with Gasteiger partial charge in [0.15, 0.2) is 11.6 Å². The number of esters is 1. The molecule has 1 saturated carbocycles. The van der Waals surface area contributed by atoms with E-state index in [1.165, 1.54) is 59.2 Å². The molecule has 21 heteroatoms. The number of ketones is 1. The monoisotopic (exact) mass is 1080 g/mol. The molecule has 6 heterocycles. The number of carbonyl (C=O) groups is 4. The summed E-state index contributed by atoms with van der Waals surface area (Å²) < 4.78 is 41.1. The topological polar surface area (TPSA) is 279 Å². The summed E-state index contributed by atoms with van der Waals surface area (Å²) in [5.74, 6) is -11.4. The van der Waals surface area contributed by atoms with Gasteiger partial charge in [-0.15, -0.1) is 0 Å². The van der Waals surface area contributed by atoms with Gasteiger partial charge in [-0.3, -0.25) is 28.6 Å². The van der Waals surface area contributed by atoms with E-state index in [4.69, 9.17) is 18.9 Å². The molecule has 2 aromatic heterocycles. The molecular formula is C57H68FN5O15. The molecule has 1 unspecified atom stereocenters. The van der Waals surface area contributed by atoms with E-state index < -0.39 is 129 Å². The zero-order chi connectivity index (χ0) is 57.1. The minimum Gasteiger partial charge on any atom is -0.507 e. The maximum atomic E-state index is 16.2. The number of allylic oxidation sites excluding steroid dienone is 2. The predicted octanol–water partition coefficient (Wildman–Crippen LogP) is 6.93. The number of nitrogens with zero attached hydrogens (tertiary/aromatic N) is 4. The molecule has 2 aromatic carbocycles. The van der Waals surface area contributed by atoms with Crippen LogP contribution in [0.3, 0.4) is 0 Å². The highest BCUT2D eigenvalue weighted by Crippen LogP contribution is 2.55. The van der Waals surface area contributed by atoms with Crippen molar-refractivity contribution >= 4 is 57.5 Å². The number of aromatic carboxylic acids is 1. The Morgan fingerprint density at radius 2 is 1.64 bits per heavy atom. The summed E-state index contributed by atoms with van der Waals surface area (Å²) in [6.07, 6.45) is 7.38. The number of ether oxygens (including phenoxy) is 4. The van der Waals surface area contributed by atoms with Gasteiger partial charge in [-0.05, 0) is 69.2 Å². The van der Waals surface area contributed by atoms with E-state index in [9.17, 15) is 54.6 Å². The van der Waals surface area contributed by atoms with Gasteiger partial charge < -0.3 is 59.8 Å². The lowest BCUT2D eigenvalue weighted by atomic mass is 9.78. The Labute approximate surface area is 449 Å². The lowest BCUT2D eigenvalue weighted by Crippen LogP contribution is -2.46. The molecule has 0 radical (unpaired) electrons. The molecule has 1 saturated heterocycles. The van der Waals surface area contributed by atoms with Gasteiger partial charge in [-0.1, -0.05) is 45.9 Å². The summed E-state index contributed by atoms with van der Waals surface area (Å²) in [5, 5.41) is 77.5. The number of pyridine rings is 2. The Morgan fingerprint density at radius 3 is 2.28 bits per heavy atom. The lowest BCUT2D eigenvalue weighted by molar-refractivity contribution is -0.160. The second-order valence-electron chi connectivity index (χ2n) is 21.4. The number of phenols is 3. The lowest BCUT2D eigenvalue weighted by Gasteiger charge is -2.38.